The lowest BCUT2D eigenvalue weighted by atomic mass is 10.1. The summed E-state index contributed by atoms with van der Waals surface area (Å²) in [6.45, 7) is -0.0311. The van der Waals surface area contributed by atoms with Crippen molar-refractivity contribution in [2.75, 3.05) is 5.32 Å². The first kappa shape index (κ1) is 16.9. The number of hydrogen-bond donors (Lipinski definition) is 2. The summed E-state index contributed by atoms with van der Waals surface area (Å²) in [6.07, 6.45) is 1.70. The van der Waals surface area contributed by atoms with Crippen LogP contribution >= 0.6 is 0 Å². The molecule has 2 aromatic carbocycles. The van der Waals surface area contributed by atoms with Crippen LogP contribution in [-0.2, 0) is 6.61 Å². The van der Waals surface area contributed by atoms with E-state index < -0.39 is 0 Å². The van der Waals surface area contributed by atoms with Gasteiger partial charge in [-0.25, -0.2) is 4.98 Å². The Hall–Kier alpha value is -3.57. The van der Waals surface area contributed by atoms with Gasteiger partial charge in [0.1, 0.15) is 0 Å². The monoisotopic (exact) mass is 355 g/mol. The highest BCUT2D eigenvalue weighted by molar-refractivity contribution is 6.13. The molecule has 0 radical (unpaired) electrons. The normalized spacial score (nSPS) is 10.7. The molecule has 5 heteroatoms. The molecule has 2 aromatic heterocycles. The first-order chi connectivity index (χ1) is 13.2. The molecule has 0 aliphatic heterocycles. The quantitative estimate of drug-likeness (QED) is 0.579. The minimum absolute atomic E-state index is 0.0311. The number of aromatic nitrogens is 2. The zero-order chi connectivity index (χ0) is 18.6. The molecule has 0 saturated heterocycles. The van der Waals surface area contributed by atoms with Gasteiger partial charge in [0, 0.05) is 17.3 Å². The van der Waals surface area contributed by atoms with Crippen molar-refractivity contribution < 1.29 is 9.90 Å². The lowest BCUT2D eigenvalue weighted by molar-refractivity contribution is 0.102. The van der Waals surface area contributed by atoms with Crippen LogP contribution < -0.4 is 5.32 Å². The summed E-state index contributed by atoms with van der Waals surface area (Å²) in [4.78, 5) is 21.9. The van der Waals surface area contributed by atoms with E-state index in [2.05, 4.69) is 15.3 Å². The fourth-order valence-electron chi connectivity index (χ4n) is 2.90. The molecule has 0 fully saturated rings. The number of benzene rings is 2. The van der Waals surface area contributed by atoms with Crippen molar-refractivity contribution >= 4 is 22.5 Å². The number of rotatable bonds is 4. The van der Waals surface area contributed by atoms with Crippen molar-refractivity contribution in [2.45, 2.75) is 6.61 Å². The molecule has 2 heterocycles. The van der Waals surface area contributed by atoms with Crippen molar-refractivity contribution in [3.63, 3.8) is 0 Å². The number of aliphatic hydroxyl groups is 1. The first-order valence-corrected chi connectivity index (χ1v) is 8.57. The summed E-state index contributed by atoms with van der Waals surface area (Å²) in [7, 11) is 0. The van der Waals surface area contributed by atoms with Crippen molar-refractivity contribution in [3.05, 3.63) is 90.1 Å². The zero-order valence-electron chi connectivity index (χ0n) is 14.5. The molecule has 4 aromatic rings. The van der Waals surface area contributed by atoms with Gasteiger partial charge in [0.25, 0.3) is 5.91 Å². The Bertz CT molecular complexity index is 1090. The number of amides is 1. The highest BCUT2D eigenvalue weighted by Crippen LogP contribution is 2.24. The molecule has 2 N–H and O–H groups in total. The van der Waals surface area contributed by atoms with E-state index in [1.165, 1.54) is 0 Å². The third kappa shape index (κ3) is 3.54. The van der Waals surface area contributed by atoms with Crippen LogP contribution in [0.15, 0.2) is 79.0 Å². The van der Waals surface area contributed by atoms with Crippen LogP contribution in [0.5, 0.6) is 0 Å². The summed E-state index contributed by atoms with van der Waals surface area (Å²) in [6, 6.07) is 22.0. The fourth-order valence-corrected chi connectivity index (χ4v) is 2.90. The van der Waals surface area contributed by atoms with Gasteiger partial charge in [-0.1, -0.05) is 36.4 Å². The topological polar surface area (TPSA) is 75.1 Å². The van der Waals surface area contributed by atoms with E-state index >= 15 is 0 Å². The van der Waals surface area contributed by atoms with E-state index in [4.69, 9.17) is 5.11 Å². The zero-order valence-corrected chi connectivity index (χ0v) is 14.5. The summed E-state index contributed by atoms with van der Waals surface area (Å²) in [5, 5.41) is 12.8. The number of carbonyl (C=O) groups is 1. The maximum atomic E-state index is 13.0. The molecule has 1 amide bonds. The molecule has 0 aliphatic rings. The molecule has 0 atom stereocenters. The predicted octanol–water partition coefficient (Wildman–Crippen LogP) is 4.04. The predicted molar refractivity (Wildman–Crippen MR) is 105 cm³/mol. The van der Waals surface area contributed by atoms with E-state index in [1.54, 1.807) is 36.5 Å². The van der Waals surface area contributed by atoms with Crippen LogP contribution in [0.3, 0.4) is 0 Å². The summed E-state index contributed by atoms with van der Waals surface area (Å²) in [5.74, 6) is -0.220. The summed E-state index contributed by atoms with van der Waals surface area (Å²) >= 11 is 0. The van der Waals surface area contributed by atoms with Gasteiger partial charge in [-0.15, -0.1) is 0 Å². The van der Waals surface area contributed by atoms with Crippen LogP contribution in [0, 0.1) is 0 Å². The molecule has 0 unspecified atom stereocenters. The number of hydrogen-bond acceptors (Lipinski definition) is 4. The second-order valence-electron chi connectivity index (χ2n) is 6.10. The third-order valence-electron chi connectivity index (χ3n) is 4.28. The van der Waals surface area contributed by atoms with Crippen LogP contribution in [0.2, 0.25) is 0 Å². The average molecular weight is 355 g/mol. The number of aliphatic hydroxyl groups excluding tert-OH is 1. The first-order valence-electron chi connectivity index (χ1n) is 8.57. The molecule has 0 aliphatic carbocycles. The number of nitrogens with one attached hydrogen (secondary N) is 1. The van der Waals surface area contributed by atoms with Gasteiger partial charge >= 0.3 is 0 Å². The van der Waals surface area contributed by atoms with Gasteiger partial charge in [0.15, 0.2) is 0 Å². The SMILES string of the molecule is O=C(Nc1ccc(CO)cc1)c1cc(-c2ccccn2)nc2ccccc12. The van der Waals surface area contributed by atoms with Gasteiger partial charge in [0.05, 0.1) is 29.1 Å². The number of carbonyl (C=O) groups excluding carboxylic acids is 1. The van der Waals surface area contributed by atoms with Crippen LogP contribution in [-0.4, -0.2) is 21.0 Å². The van der Waals surface area contributed by atoms with Crippen molar-refractivity contribution in [3.8, 4) is 11.4 Å². The minimum Gasteiger partial charge on any atom is -0.392 e. The van der Waals surface area contributed by atoms with E-state index in [1.807, 2.05) is 42.5 Å². The third-order valence-corrected chi connectivity index (χ3v) is 4.28. The number of para-hydroxylation sites is 1. The Morgan fingerprint density at radius 2 is 1.70 bits per heavy atom. The van der Waals surface area contributed by atoms with Crippen LogP contribution in [0.4, 0.5) is 5.69 Å². The molecule has 0 bridgehead atoms. The molecular formula is C22H17N3O2. The Morgan fingerprint density at radius 3 is 2.44 bits per heavy atom. The smallest absolute Gasteiger partial charge is 0.256 e. The highest BCUT2D eigenvalue weighted by atomic mass is 16.3. The summed E-state index contributed by atoms with van der Waals surface area (Å²) < 4.78 is 0. The molecule has 0 spiro atoms. The molecule has 5 nitrogen and oxygen atoms in total. The Morgan fingerprint density at radius 1 is 0.926 bits per heavy atom. The maximum Gasteiger partial charge on any atom is 0.256 e. The summed E-state index contributed by atoms with van der Waals surface area (Å²) in [5.41, 5.74) is 4.09. The minimum atomic E-state index is -0.220. The van der Waals surface area contributed by atoms with Crippen LogP contribution in [0.25, 0.3) is 22.3 Å². The van der Waals surface area contributed by atoms with E-state index in [-0.39, 0.29) is 12.5 Å². The van der Waals surface area contributed by atoms with Crippen LogP contribution in [0.1, 0.15) is 15.9 Å². The number of pyridine rings is 2. The van der Waals surface area contributed by atoms with E-state index in [0.717, 1.165) is 16.5 Å². The number of anilines is 1. The molecule has 4 rings (SSSR count). The molecule has 0 saturated carbocycles. The van der Waals surface area contributed by atoms with Crippen molar-refractivity contribution in [1.29, 1.82) is 0 Å². The largest absolute Gasteiger partial charge is 0.392 e. The second-order valence-corrected chi connectivity index (χ2v) is 6.10. The fraction of sp³-hybridized carbons (Fsp3) is 0.0455. The Labute approximate surface area is 156 Å². The van der Waals surface area contributed by atoms with E-state index in [9.17, 15) is 4.79 Å². The van der Waals surface area contributed by atoms with Gasteiger partial charge < -0.3 is 10.4 Å². The number of nitrogens with zero attached hydrogens (tertiary/aromatic N) is 2. The lowest BCUT2D eigenvalue weighted by Crippen LogP contribution is -2.13. The number of fused-ring (bicyclic) bond motifs is 1. The second kappa shape index (κ2) is 7.35. The van der Waals surface area contributed by atoms with E-state index in [0.29, 0.717) is 22.6 Å². The average Bonchev–Trinajstić information content (AvgIpc) is 2.74. The van der Waals surface area contributed by atoms with Gasteiger partial charge in [-0.2, -0.15) is 0 Å². The van der Waals surface area contributed by atoms with Gasteiger partial charge in [0.2, 0.25) is 0 Å². The lowest BCUT2D eigenvalue weighted by Gasteiger charge is -2.10. The Balaban J connectivity index is 1.75. The standard InChI is InChI=1S/C22H17N3O2/c26-14-15-8-10-16(11-9-15)24-22(27)18-13-21(20-7-3-4-12-23-20)25-19-6-2-1-5-17(18)19/h1-13,26H,14H2,(H,24,27). The Kier molecular flexibility index (Phi) is 4.60. The maximum absolute atomic E-state index is 13.0. The van der Waals surface area contributed by atoms with Crippen molar-refractivity contribution in [1.82, 2.24) is 9.97 Å². The van der Waals surface area contributed by atoms with Crippen molar-refractivity contribution in [2.24, 2.45) is 0 Å². The molecular weight excluding hydrogens is 338 g/mol. The van der Waals surface area contributed by atoms with Gasteiger partial charge in [-0.05, 0) is 42.0 Å². The molecule has 132 valence electrons. The van der Waals surface area contributed by atoms with Gasteiger partial charge in [-0.3, -0.25) is 9.78 Å². The highest BCUT2D eigenvalue weighted by Gasteiger charge is 2.14. The molecule has 27 heavy (non-hydrogen) atoms.